The number of carbonyl (C=O) groups is 1. The number of hydrogen-bond acceptors (Lipinski definition) is 4. The lowest BCUT2D eigenvalue weighted by molar-refractivity contribution is -0.114. The number of aromatic nitrogens is 2. The van der Waals surface area contributed by atoms with Gasteiger partial charge in [-0.15, -0.1) is 0 Å². The van der Waals surface area contributed by atoms with E-state index >= 15 is 0 Å². The number of carbonyl (C=O) groups excluding carboxylic acids is 1. The lowest BCUT2D eigenvalue weighted by atomic mass is 10.2. The fraction of sp³-hybridized carbons (Fsp3) is 0.158. The number of nitrogens with zero attached hydrogens (tertiary/aromatic N) is 2. The number of phenolic OH excluding ortho intramolecular Hbond substituents is 1. The van der Waals surface area contributed by atoms with Gasteiger partial charge in [0.05, 0.1) is 6.61 Å². The van der Waals surface area contributed by atoms with Crippen LogP contribution in [-0.4, -0.2) is 27.2 Å². The minimum absolute atomic E-state index is 0.100. The molecule has 0 aliphatic carbocycles. The zero-order valence-corrected chi connectivity index (χ0v) is 14.1. The van der Waals surface area contributed by atoms with E-state index in [9.17, 15) is 9.90 Å². The summed E-state index contributed by atoms with van der Waals surface area (Å²) in [5.74, 6) is 1.15. The second kappa shape index (κ2) is 7.09. The Morgan fingerprint density at radius 1 is 1.24 bits per heavy atom. The van der Waals surface area contributed by atoms with Crippen LogP contribution in [-0.2, 0) is 4.79 Å². The van der Waals surface area contributed by atoms with Gasteiger partial charge in [-0.25, -0.2) is 4.98 Å². The summed E-state index contributed by atoms with van der Waals surface area (Å²) in [5, 5.41) is 12.6. The molecular formula is C19H19N3O3. The molecule has 0 radical (unpaired) electrons. The van der Waals surface area contributed by atoms with E-state index in [0.717, 1.165) is 22.8 Å². The van der Waals surface area contributed by atoms with Crippen molar-refractivity contribution in [1.29, 1.82) is 0 Å². The number of benzene rings is 2. The van der Waals surface area contributed by atoms with Crippen molar-refractivity contribution >= 4 is 11.6 Å². The Kier molecular flexibility index (Phi) is 4.70. The Morgan fingerprint density at radius 3 is 2.68 bits per heavy atom. The van der Waals surface area contributed by atoms with E-state index < -0.39 is 0 Å². The van der Waals surface area contributed by atoms with Crippen LogP contribution in [0.5, 0.6) is 11.5 Å². The van der Waals surface area contributed by atoms with E-state index in [0.29, 0.717) is 12.4 Å². The van der Waals surface area contributed by atoms with Gasteiger partial charge < -0.3 is 15.2 Å². The Morgan fingerprint density at radius 2 is 2.00 bits per heavy atom. The maximum atomic E-state index is 11.1. The molecule has 1 aromatic heterocycles. The van der Waals surface area contributed by atoms with Crippen LogP contribution in [0.1, 0.15) is 13.8 Å². The lowest BCUT2D eigenvalue weighted by Crippen LogP contribution is -2.05. The SMILES string of the molecule is CCOc1cc(-c2nccn2-c2ccc(NC(C)=O)cc2)ccc1O. The summed E-state index contributed by atoms with van der Waals surface area (Å²) in [6, 6.07) is 12.6. The third-order valence-corrected chi connectivity index (χ3v) is 3.62. The van der Waals surface area contributed by atoms with Crippen molar-refractivity contribution in [3.63, 3.8) is 0 Å². The van der Waals surface area contributed by atoms with Gasteiger partial charge in [0.2, 0.25) is 5.91 Å². The number of ether oxygens (including phenoxy) is 1. The van der Waals surface area contributed by atoms with E-state index in [1.807, 2.05) is 42.0 Å². The first-order valence-electron chi connectivity index (χ1n) is 7.96. The molecule has 3 rings (SSSR count). The first kappa shape index (κ1) is 16.6. The molecule has 2 N–H and O–H groups in total. The van der Waals surface area contributed by atoms with Crippen LogP contribution >= 0.6 is 0 Å². The first-order chi connectivity index (χ1) is 12.1. The highest BCUT2D eigenvalue weighted by atomic mass is 16.5. The fourth-order valence-corrected chi connectivity index (χ4v) is 2.56. The molecule has 0 unspecified atom stereocenters. The largest absolute Gasteiger partial charge is 0.504 e. The number of rotatable bonds is 5. The van der Waals surface area contributed by atoms with Crippen molar-refractivity contribution in [2.24, 2.45) is 0 Å². The summed E-state index contributed by atoms with van der Waals surface area (Å²) in [5.41, 5.74) is 2.48. The minimum atomic E-state index is -0.108. The molecule has 0 saturated carbocycles. The number of phenols is 1. The van der Waals surface area contributed by atoms with Gasteiger partial charge in [0.25, 0.3) is 0 Å². The molecule has 0 fully saturated rings. The number of amides is 1. The van der Waals surface area contributed by atoms with Crippen LogP contribution < -0.4 is 10.1 Å². The zero-order chi connectivity index (χ0) is 17.8. The van der Waals surface area contributed by atoms with Crippen molar-refractivity contribution in [2.75, 3.05) is 11.9 Å². The van der Waals surface area contributed by atoms with Gasteiger partial charge in [0, 0.05) is 36.3 Å². The normalized spacial score (nSPS) is 10.5. The van der Waals surface area contributed by atoms with Crippen molar-refractivity contribution in [2.45, 2.75) is 13.8 Å². The van der Waals surface area contributed by atoms with Crippen molar-refractivity contribution in [1.82, 2.24) is 9.55 Å². The highest BCUT2D eigenvalue weighted by molar-refractivity contribution is 5.88. The highest BCUT2D eigenvalue weighted by Gasteiger charge is 2.11. The summed E-state index contributed by atoms with van der Waals surface area (Å²) in [7, 11) is 0. The van der Waals surface area contributed by atoms with E-state index in [-0.39, 0.29) is 11.7 Å². The van der Waals surface area contributed by atoms with E-state index in [2.05, 4.69) is 10.3 Å². The number of imidazole rings is 1. The molecule has 1 amide bonds. The summed E-state index contributed by atoms with van der Waals surface area (Å²) >= 11 is 0. The lowest BCUT2D eigenvalue weighted by Gasteiger charge is -2.11. The summed E-state index contributed by atoms with van der Waals surface area (Å²) < 4.78 is 7.38. The molecule has 0 aliphatic heterocycles. The van der Waals surface area contributed by atoms with Crippen LogP contribution in [0.3, 0.4) is 0 Å². The number of nitrogens with one attached hydrogen (secondary N) is 1. The number of anilines is 1. The molecule has 128 valence electrons. The van der Waals surface area contributed by atoms with Gasteiger partial charge >= 0.3 is 0 Å². The van der Waals surface area contributed by atoms with E-state index in [1.54, 1.807) is 24.4 Å². The Labute approximate surface area is 145 Å². The van der Waals surface area contributed by atoms with Crippen LogP contribution in [0.25, 0.3) is 17.1 Å². The molecule has 1 heterocycles. The molecule has 0 saturated heterocycles. The van der Waals surface area contributed by atoms with Crippen LogP contribution in [0.15, 0.2) is 54.9 Å². The monoisotopic (exact) mass is 337 g/mol. The number of aromatic hydroxyl groups is 1. The first-order valence-corrected chi connectivity index (χ1v) is 7.96. The summed E-state index contributed by atoms with van der Waals surface area (Å²) in [6.07, 6.45) is 3.57. The molecule has 25 heavy (non-hydrogen) atoms. The van der Waals surface area contributed by atoms with Gasteiger partial charge in [0.15, 0.2) is 11.5 Å². The average Bonchev–Trinajstić information content (AvgIpc) is 3.07. The Hall–Kier alpha value is -3.28. The van der Waals surface area contributed by atoms with E-state index in [4.69, 9.17) is 4.74 Å². The predicted octanol–water partition coefficient (Wildman–Crippen LogP) is 3.60. The molecule has 2 aromatic carbocycles. The standard InChI is InChI=1S/C19H19N3O3/c1-3-25-18-12-14(4-9-17(18)24)19-20-10-11-22(19)16-7-5-15(6-8-16)21-13(2)23/h4-12,24H,3H2,1-2H3,(H,21,23). The minimum Gasteiger partial charge on any atom is -0.504 e. The molecule has 0 atom stereocenters. The van der Waals surface area contributed by atoms with Crippen LogP contribution in [0.2, 0.25) is 0 Å². The zero-order valence-electron chi connectivity index (χ0n) is 14.1. The molecule has 0 spiro atoms. The van der Waals surface area contributed by atoms with E-state index in [1.165, 1.54) is 6.92 Å². The van der Waals surface area contributed by atoms with Gasteiger partial charge in [-0.2, -0.15) is 0 Å². The summed E-state index contributed by atoms with van der Waals surface area (Å²) in [4.78, 5) is 15.5. The van der Waals surface area contributed by atoms with Gasteiger partial charge in [-0.3, -0.25) is 9.36 Å². The smallest absolute Gasteiger partial charge is 0.221 e. The second-order valence-corrected chi connectivity index (χ2v) is 5.46. The van der Waals surface area contributed by atoms with Gasteiger partial charge in [0.1, 0.15) is 5.82 Å². The fourth-order valence-electron chi connectivity index (χ4n) is 2.56. The Balaban J connectivity index is 1.95. The molecule has 0 aliphatic rings. The van der Waals surface area contributed by atoms with Crippen LogP contribution in [0.4, 0.5) is 5.69 Å². The molecule has 0 bridgehead atoms. The van der Waals surface area contributed by atoms with Crippen molar-refractivity contribution in [3.8, 4) is 28.6 Å². The molecule has 6 heteroatoms. The second-order valence-electron chi connectivity index (χ2n) is 5.46. The highest BCUT2D eigenvalue weighted by Crippen LogP contribution is 2.32. The topological polar surface area (TPSA) is 76.4 Å². The average molecular weight is 337 g/mol. The third kappa shape index (κ3) is 3.63. The maximum Gasteiger partial charge on any atom is 0.221 e. The van der Waals surface area contributed by atoms with Crippen molar-refractivity contribution in [3.05, 3.63) is 54.9 Å². The quantitative estimate of drug-likeness (QED) is 0.746. The maximum absolute atomic E-state index is 11.1. The molecule has 3 aromatic rings. The van der Waals surface area contributed by atoms with Gasteiger partial charge in [-0.1, -0.05) is 0 Å². The Bertz CT molecular complexity index is 885. The third-order valence-electron chi connectivity index (χ3n) is 3.62. The predicted molar refractivity (Wildman–Crippen MR) is 96.1 cm³/mol. The molecule has 6 nitrogen and oxygen atoms in total. The molecular weight excluding hydrogens is 318 g/mol. The van der Waals surface area contributed by atoms with Crippen LogP contribution in [0, 0.1) is 0 Å². The number of hydrogen-bond donors (Lipinski definition) is 2. The van der Waals surface area contributed by atoms with Crippen molar-refractivity contribution < 1.29 is 14.6 Å². The van der Waals surface area contributed by atoms with Gasteiger partial charge in [-0.05, 0) is 49.4 Å². The summed E-state index contributed by atoms with van der Waals surface area (Å²) in [6.45, 7) is 3.81.